The average molecular weight is 260 g/mol. The number of carbonyl (C=O) groups excluding carboxylic acids is 1. The van der Waals surface area contributed by atoms with E-state index in [-0.39, 0.29) is 5.91 Å². The van der Waals surface area contributed by atoms with E-state index in [9.17, 15) is 4.79 Å². The van der Waals surface area contributed by atoms with Gasteiger partial charge in [0.25, 0.3) is 0 Å². The fraction of sp³-hybridized carbons (Fsp3) is 0.562. The summed E-state index contributed by atoms with van der Waals surface area (Å²) in [6.07, 6.45) is 5.10. The van der Waals surface area contributed by atoms with Gasteiger partial charge < -0.3 is 10.6 Å². The molecule has 1 aliphatic rings. The topological polar surface area (TPSA) is 41.1 Å². The Morgan fingerprint density at radius 3 is 2.74 bits per heavy atom. The van der Waals surface area contributed by atoms with Gasteiger partial charge in [-0.05, 0) is 38.2 Å². The van der Waals surface area contributed by atoms with Crippen molar-refractivity contribution in [2.45, 2.75) is 51.1 Å². The maximum absolute atomic E-state index is 11.5. The van der Waals surface area contributed by atoms with Crippen LogP contribution in [-0.4, -0.2) is 24.5 Å². The molecule has 0 aliphatic heterocycles. The summed E-state index contributed by atoms with van der Waals surface area (Å²) >= 11 is 0. The van der Waals surface area contributed by atoms with E-state index in [0.717, 1.165) is 32.2 Å². The minimum Gasteiger partial charge on any atom is -0.353 e. The lowest BCUT2D eigenvalue weighted by Crippen LogP contribution is -2.33. The van der Waals surface area contributed by atoms with E-state index in [1.54, 1.807) is 0 Å². The smallest absolute Gasteiger partial charge is 0.221 e. The average Bonchev–Trinajstić information content (AvgIpc) is 3.21. The van der Waals surface area contributed by atoms with Crippen LogP contribution in [0.5, 0.6) is 0 Å². The number of hydrogen-bond acceptors (Lipinski definition) is 2. The molecule has 0 radical (unpaired) electrons. The maximum Gasteiger partial charge on any atom is 0.221 e. The second-order valence-corrected chi connectivity index (χ2v) is 5.47. The number of rotatable bonds is 8. The van der Waals surface area contributed by atoms with Crippen LogP contribution < -0.4 is 10.6 Å². The fourth-order valence-electron chi connectivity index (χ4n) is 2.09. The predicted molar refractivity (Wildman–Crippen MR) is 78.0 cm³/mol. The summed E-state index contributed by atoms with van der Waals surface area (Å²) in [5.41, 5.74) is 1.38. The molecule has 1 unspecified atom stereocenters. The van der Waals surface area contributed by atoms with Gasteiger partial charge in [-0.3, -0.25) is 4.79 Å². The lowest BCUT2D eigenvalue weighted by Gasteiger charge is -2.13. The highest BCUT2D eigenvalue weighted by molar-refractivity contribution is 5.76. The molecule has 1 aromatic rings. The van der Waals surface area contributed by atoms with Gasteiger partial charge in [-0.25, -0.2) is 0 Å². The minimum atomic E-state index is 0.185. The first kappa shape index (κ1) is 14.1. The Balaban J connectivity index is 1.54. The summed E-state index contributed by atoms with van der Waals surface area (Å²) in [7, 11) is 0. The summed E-state index contributed by atoms with van der Waals surface area (Å²) < 4.78 is 0. The molecule has 0 bridgehead atoms. The summed E-state index contributed by atoms with van der Waals surface area (Å²) in [6.45, 7) is 2.95. The van der Waals surface area contributed by atoms with Gasteiger partial charge >= 0.3 is 0 Å². The van der Waals surface area contributed by atoms with Crippen LogP contribution in [0.15, 0.2) is 30.3 Å². The van der Waals surface area contributed by atoms with Crippen LogP contribution in [0.3, 0.4) is 0 Å². The molecule has 2 N–H and O–H groups in total. The molecule has 104 valence electrons. The van der Waals surface area contributed by atoms with Crippen molar-refractivity contribution in [2.24, 2.45) is 0 Å². The monoisotopic (exact) mass is 260 g/mol. The molecular formula is C16H24N2O. The number of amides is 1. The largest absolute Gasteiger partial charge is 0.353 e. The van der Waals surface area contributed by atoms with Crippen molar-refractivity contribution in [3.05, 3.63) is 35.9 Å². The van der Waals surface area contributed by atoms with E-state index >= 15 is 0 Å². The second kappa shape index (κ2) is 7.29. The molecule has 1 fully saturated rings. The first-order chi connectivity index (χ1) is 9.24. The lowest BCUT2D eigenvalue weighted by molar-refractivity contribution is -0.121. The Bertz CT molecular complexity index is 387. The minimum absolute atomic E-state index is 0.185. The lowest BCUT2D eigenvalue weighted by atomic mass is 10.1. The van der Waals surface area contributed by atoms with Gasteiger partial charge in [0.1, 0.15) is 0 Å². The molecule has 1 aromatic carbocycles. The van der Waals surface area contributed by atoms with E-state index < -0.39 is 0 Å². The molecule has 0 saturated heterocycles. The Hall–Kier alpha value is -1.35. The number of carbonyl (C=O) groups is 1. The van der Waals surface area contributed by atoms with E-state index in [4.69, 9.17) is 0 Å². The van der Waals surface area contributed by atoms with Crippen molar-refractivity contribution in [3.8, 4) is 0 Å². The zero-order valence-corrected chi connectivity index (χ0v) is 11.7. The van der Waals surface area contributed by atoms with Crippen molar-refractivity contribution in [2.75, 3.05) is 6.54 Å². The number of benzene rings is 1. The quantitative estimate of drug-likeness (QED) is 0.753. The molecular weight excluding hydrogens is 236 g/mol. The van der Waals surface area contributed by atoms with E-state index in [2.05, 4.69) is 41.8 Å². The Labute approximate surface area is 115 Å². The van der Waals surface area contributed by atoms with Crippen molar-refractivity contribution in [1.82, 2.24) is 10.6 Å². The third kappa shape index (κ3) is 5.88. The molecule has 0 heterocycles. The standard InChI is InChI=1S/C16H24N2O/c1-13(7-8-14-5-3-2-4-6-14)17-12-11-16(19)18-15-9-10-15/h2-6,13,15,17H,7-12H2,1H3,(H,18,19). The molecule has 1 saturated carbocycles. The van der Waals surface area contributed by atoms with Gasteiger partial charge in [0.05, 0.1) is 0 Å². The molecule has 19 heavy (non-hydrogen) atoms. The number of nitrogens with one attached hydrogen (secondary N) is 2. The molecule has 2 rings (SSSR count). The molecule has 0 aromatic heterocycles. The Kier molecular flexibility index (Phi) is 5.40. The molecule has 3 heteroatoms. The van der Waals surface area contributed by atoms with E-state index in [1.807, 2.05) is 6.07 Å². The first-order valence-corrected chi connectivity index (χ1v) is 7.30. The molecule has 3 nitrogen and oxygen atoms in total. The SMILES string of the molecule is CC(CCc1ccccc1)NCCC(=O)NC1CC1. The van der Waals surface area contributed by atoms with Crippen LogP contribution in [0.25, 0.3) is 0 Å². The van der Waals surface area contributed by atoms with Crippen molar-refractivity contribution >= 4 is 5.91 Å². The van der Waals surface area contributed by atoms with Crippen LogP contribution in [0.4, 0.5) is 0 Å². The molecule has 0 spiro atoms. The van der Waals surface area contributed by atoms with Crippen LogP contribution in [0, 0.1) is 0 Å². The number of hydrogen-bond donors (Lipinski definition) is 2. The van der Waals surface area contributed by atoms with Gasteiger partial charge in [0.2, 0.25) is 5.91 Å². The van der Waals surface area contributed by atoms with Crippen LogP contribution in [-0.2, 0) is 11.2 Å². The predicted octanol–water partition coefficient (Wildman–Crippen LogP) is 2.27. The maximum atomic E-state index is 11.5. The van der Waals surface area contributed by atoms with Gasteiger partial charge in [-0.2, -0.15) is 0 Å². The van der Waals surface area contributed by atoms with Gasteiger partial charge in [0.15, 0.2) is 0 Å². The molecule has 1 amide bonds. The highest BCUT2D eigenvalue weighted by Crippen LogP contribution is 2.18. The molecule has 1 atom stereocenters. The Morgan fingerprint density at radius 2 is 2.05 bits per heavy atom. The Morgan fingerprint density at radius 1 is 1.32 bits per heavy atom. The molecule has 1 aliphatic carbocycles. The number of aryl methyl sites for hydroxylation is 1. The van der Waals surface area contributed by atoms with Gasteiger partial charge in [-0.15, -0.1) is 0 Å². The normalized spacial score (nSPS) is 16.1. The summed E-state index contributed by atoms with van der Waals surface area (Å²) in [5.74, 6) is 0.185. The van der Waals surface area contributed by atoms with Gasteiger partial charge in [0, 0.05) is 25.0 Å². The fourth-order valence-corrected chi connectivity index (χ4v) is 2.09. The summed E-state index contributed by atoms with van der Waals surface area (Å²) in [4.78, 5) is 11.5. The third-order valence-electron chi connectivity index (χ3n) is 3.50. The van der Waals surface area contributed by atoms with E-state index in [0.29, 0.717) is 18.5 Å². The van der Waals surface area contributed by atoms with Crippen LogP contribution >= 0.6 is 0 Å². The van der Waals surface area contributed by atoms with Crippen molar-refractivity contribution in [1.29, 1.82) is 0 Å². The zero-order valence-electron chi connectivity index (χ0n) is 11.7. The summed E-state index contributed by atoms with van der Waals surface area (Å²) in [6, 6.07) is 11.5. The van der Waals surface area contributed by atoms with Crippen LogP contribution in [0.1, 0.15) is 38.2 Å². The highest BCUT2D eigenvalue weighted by Gasteiger charge is 2.22. The van der Waals surface area contributed by atoms with Crippen molar-refractivity contribution in [3.63, 3.8) is 0 Å². The third-order valence-corrected chi connectivity index (χ3v) is 3.50. The van der Waals surface area contributed by atoms with Crippen LogP contribution in [0.2, 0.25) is 0 Å². The second-order valence-electron chi connectivity index (χ2n) is 5.47. The zero-order chi connectivity index (χ0) is 13.5. The van der Waals surface area contributed by atoms with Crippen molar-refractivity contribution < 1.29 is 4.79 Å². The van der Waals surface area contributed by atoms with E-state index in [1.165, 1.54) is 5.56 Å². The first-order valence-electron chi connectivity index (χ1n) is 7.30. The van der Waals surface area contributed by atoms with Gasteiger partial charge in [-0.1, -0.05) is 30.3 Å². The summed E-state index contributed by atoms with van der Waals surface area (Å²) in [5, 5.41) is 6.42. The highest BCUT2D eigenvalue weighted by atomic mass is 16.1.